The van der Waals surface area contributed by atoms with Gasteiger partial charge in [-0.1, -0.05) is 59.6 Å². The summed E-state index contributed by atoms with van der Waals surface area (Å²) in [6.07, 6.45) is 0.449. The van der Waals surface area contributed by atoms with E-state index in [0.717, 1.165) is 16.7 Å². The molecule has 0 bridgehead atoms. The van der Waals surface area contributed by atoms with E-state index in [1.54, 1.807) is 12.1 Å². The van der Waals surface area contributed by atoms with Crippen LogP contribution in [0.3, 0.4) is 0 Å². The number of halogens is 2. The molecule has 3 aromatic carbocycles. The van der Waals surface area contributed by atoms with Crippen LogP contribution in [-0.2, 0) is 22.5 Å². The number of ether oxygens (including phenoxy) is 2. The highest BCUT2D eigenvalue weighted by molar-refractivity contribution is 6.42. The summed E-state index contributed by atoms with van der Waals surface area (Å²) >= 11 is 12.2. The second-order valence-corrected chi connectivity index (χ2v) is 9.46. The Morgan fingerprint density at radius 1 is 1.06 bits per heavy atom. The molecule has 1 aliphatic heterocycles. The normalized spacial score (nSPS) is 18.9. The summed E-state index contributed by atoms with van der Waals surface area (Å²) in [5.74, 6) is 0.864. The number of nitrogens with one attached hydrogen (secondary N) is 1. The first kappa shape index (κ1) is 26.0. The third kappa shape index (κ3) is 6.01. The van der Waals surface area contributed by atoms with Crippen molar-refractivity contribution < 1.29 is 19.4 Å². The second kappa shape index (κ2) is 11.8. The molecule has 36 heavy (non-hydrogen) atoms. The fourth-order valence-electron chi connectivity index (χ4n) is 4.04. The van der Waals surface area contributed by atoms with Crippen molar-refractivity contribution in [3.05, 3.63) is 99.5 Å². The minimum atomic E-state index is -1.15. The van der Waals surface area contributed by atoms with E-state index in [4.69, 9.17) is 42.8 Å². The molecule has 0 spiro atoms. The lowest BCUT2D eigenvalue weighted by molar-refractivity contribution is -0.128. The molecule has 1 heterocycles. The van der Waals surface area contributed by atoms with Crippen molar-refractivity contribution in [1.82, 2.24) is 5.32 Å². The first-order valence-electron chi connectivity index (χ1n) is 11.8. The van der Waals surface area contributed by atoms with E-state index in [9.17, 15) is 4.79 Å². The summed E-state index contributed by atoms with van der Waals surface area (Å²) < 4.78 is 11.8. The third-order valence-corrected chi connectivity index (χ3v) is 6.82. The van der Waals surface area contributed by atoms with Gasteiger partial charge in [0.15, 0.2) is 5.54 Å². The smallest absolute Gasteiger partial charge is 0.252 e. The minimum absolute atomic E-state index is 0.0806. The zero-order chi connectivity index (χ0) is 25.5. The van der Waals surface area contributed by atoms with E-state index in [0.29, 0.717) is 41.1 Å². The number of benzene rings is 3. The number of carbonyl (C=O) groups excluding carboxylic acids is 1. The molecule has 188 valence electrons. The zero-order valence-electron chi connectivity index (χ0n) is 19.9. The van der Waals surface area contributed by atoms with Crippen LogP contribution in [0, 0.1) is 0 Å². The summed E-state index contributed by atoms with van der Waals surface area (Å²) in [4.78, 5) is 18.6. The molecule has 1 amide bonds. The molecule has 0 aliphatic carbocycles. The van der Waals surface area contributed by atoms with Gasteiger partial charge in [0.05, 0.1) is 16.7 Å². The lowest BCUT2D eigenvalue weighted by atomic mass is 9.86. The Balaban J connectivity index is 1.59. The number of hydrogen-bond acceptors (Lipinski definition) is 5. The van der Waals surface area contributed by atoms with Crippen molar-refractivity contribution in [1.29, 1.82) is 0 Å². The molecule has 2 atom stereocenters. The predicted molar refractivity (Wildman–Crippen MR) is 142 cm³/mol. The fraction of sp³-hybridized carbons (Fsp3) is 0.286. The van der Waals surface area contributed by atoms with Crippen LogP contribution in [0.15, 0.2) is 77.8 Å². The van der Waals surface area contributed by atoms with Gasteiger partial charge in [-0.2, -0.15) is 0 Å². The van der Waals surface area contributed by atoms with Gasteiger partial charge in [0, 0.05) is 31.6 Å². The maximum absolute atomic E-state index is 13.7. The maximum atomic E-state index is 13.7. The lowest BCUT2D eigenvalue weighted by Gasteiger charge is -2.28. The summed E-state index contributed by atoms with van der Waals surface area (Å²) in [5.41, 5.74) is 1.42. The Bertz CT molecular complexity index is 1220. The van der Waals surface area contributed by atoms with E-state index in [1.807, 2.05) is 67.6 Å². The van der Waals surface area contributed by atoms with E-state index >= 15 is 0 Å². The molecule has 2 N–H and O–H groups in total. The summed E-state index contributed by atoms with van der Waals surface area (Å²) in [6, 6.07) is 22.4. The molecule has 1 aliphatic rings. The quantitative estimate of drug-likeness (QED) is 0.355. The van der Waals surface area contributed by atoms with E-state index < -0.39 is 11.6 Å². The highest BCUT2D eigenvalue weighted by Gasteiger charge is 2.50. The average Bonchev–Trinajstić information content (AvgIpc) is 3.22. The minimum Gasteiger partial charge on any atom is -0.494 e. The van der Waals surface area contributed by atoms with Crippen LogP contribution in [-0.4, -0.2) is 41.8 Å². The molecule has 8 heteroatoms. The Labute approximate surface area is 220 Å². The van der Waals surface area contributed by atoms with Gasteiger partial charge in [-0.15, -0.1) is 0 Å². The maximum Gasteiger partial charge on any atom is 0.252 e. The van der Waals surface area contributed by atoms with Crippen LogP contribution in [0.4, 0.5) is 0 Å². The summed E-state index contributed by atoms with van der Waals surface area (Å²) in [5, 5.41) is 12.8. The van der Waals surface area contributed by atoms with E-state index in [1.165, 1.54) is 0 Å². The first-order valence-corrected chi connectivity index (χ1v) is 12.5. The Hall–Kier alpha value is -3.06. The third-order valence-electron chi connectivity index (χ3n) is 6.08. The number of aliphatic hydroxyl groups is 1. The lowest BCUT2D eigenvalue weighted by Crippen LogP contribution is -2.52. The van der Waals surface area contributed by atoms with Crippen molar-refractivity contribution >= 4 is 35.0 Å². The Kier molecular flexibility index (Phi) is 8.52. The SMILES string of the molecule is C[C@H]1OC(c2ccc(OCCCO)cc2)=N[C@@]1(Cc1ccccc1)C(=O)NCc1ccc(Cl)c(Cl)c1. The molecule has 3 aromatic rings. The summed E-state index contributed by atoms with van der Waals surface area (Å²) in [7, 11) is 0. The van der Waals surface area contributed by atoms with Gasteiger partial charge in [-0.25, -0.2) is 4.99 Å². The molecule has 0 radical (unpaired) electrons. The van der Waals surface area contributed by atoms with Crippen molar-refractivity contribution in [2.24, 2.45) is 4.99 Å². The van der Waals surface area contributed by atoms with Gasteiger partial charge < -0.3 is 19.9 Å². The molecule has 0 unspecified atom stereocenters. The Morgan fingerprint density at radius 3 is 2.50 bits per heavy atom. The first-order chi connectivity index (χ1) is 17.4. The number of aliphatic imine (C=N–C) groups is 1. The predicted octanol–water partition coefficient (Wildman–Crippen LogP) is 5.22. The van der Waals surface area contributed by atoms with Crippen LogP contribution in [0.25, 0.3) is 0 Å². The number of aliphatic hydroxyl groups excluding tert-OH is 1. The molecule has 6 nitrogen and oxygen atoms in total. The van der Waals surface area contributed by atoms with E-state index in [2.05, 4.69) is 5.32 Å². The number of amides is 1. The van der Waals surface area contributed by atoms with Gasteiger partial charge in [0.1, 0.15) is 11.9 Å². The highest BCUT2D eigenvalue weighted by Crippen LogP contribution is 2.33. The summed E-state index contributed by atoms with van der Waals surface area (Å²) in [6.45, 7) is 2.66. The van der Waals surface area contributed by atoms with Crippen LogP contribution in [0.1, 0.15) is 30.0 Å². The van der Waals surface area contributed by atoms with Crippen molar-refractivity contribution in [3.8, 4) is 5.75 Å². The molecule has 0 aromatic heterocycles. The van der Waals surface area contributed by atoms with Crippen molar-refractivity contribution in [2.75, 3.05) is 13.2 Å². The van der Waals surface area contributed by atoms with Gasteiger partial charge in [-0.05, 0) is 54.4 Å². The molecular formula is C28H28Cl2N2O4. The fourth-order valence-corrected chi connectivity index (χ4v) is 4.36. The molecule has 4 rings (SSSR count). The van der Waals surface area contributed by atoms with Crippen LogP contribution in [0.5, 0.6) is 5.75 Å². The number of hydrogen-bond donors (Lipinski definition) is 2. The second-order valence-electron chi connectivity index (χ2n) is 8.64. The van der Waals surface area contributed by atoms with Gasteiger partial charge >= 0.3 is 0 Å². The molecular weight excluding hydrogens is 499 g/mol. The average molecular weight is 527 g/mol. The highest BCUT2D eigenvalue weighted by atomic mass is 35.5. The molecule has 0 saturated heterocycles. The Morgan fingerprint density at radius 2 is 1.81 bits per heavy atom. The van der Waals surface area contributed by atoms with Crippen molar-refractivity contribution in [3.63, 3.8) is 0 Å². The van der Waals surface area contributed by atoms with Gasteiger partial charge in [0.25, 0.3) is 5.91 Å². The monoisotopic (exact) mass is 526 g/mol. The number of carbonyl (C=O) groups is 1. The number of nitrogens with zero attached hydrogens (tertiary/aromatic N) is 1. The van der Waals surface area contributed by atoms with Crippen LogP contribution in [0.2, 0.25) is 10.0 Å². The zero-order valence-corrected chi connectivity index (χ0v) is 21.4. The van der Waals surface area contributed by atoms with Crippen molar-refractivity contribution in [2.45, 2.75) is 38.0 Å². The standard InChI is InChI=1S/C28H28Cl2N2O4/c1-19-28(17-20-6-3-2-4-7-20,27(34)31-18-21-8-13-24(29)25(30)16-21)32-26(36-19)22-9-11-23(12-10-22)35-15-5-14-33/h2-4,6-13,16,19,33H,5,14-15,17-18H2,1H3,(H,31,34)/t19-,28-/m1/s1. The van der Waals surface area contributed by atoms with Gasteiger partial charge in [-0.3, -0.25) is 4.79 Å². The van der Waals surface area contributed by atoms with E-state index in [-0.39, 0.29) is 19.1 Å². The topological polar surface area (TPSA) is 80.2 Å². The molecule has 0 saturated carbocycles. The van der Waals surface area contributed by atoms with Gasteiger partial charge in [0.2, 0.25) is 5.90 Å². The van der Waals surface area contributed by atoms with Crippen LogP contribution < -0.4 is 10.1 Å². The van der Waals surface area contributed by atoms with Crippen LogP contribution >= 0.6 is 23.2 Å². The largest absolute Gasteiger partial charge is 0.494 e. The number of rotatable bonds is 10. The molecule has 0 fully saturated rings.